The second kappa shape index (κ2) is 5.72. The Kier molecular flexibility index (Phi) is 4.87. The Balaban J connectivity index is 2.20. The van der Waals surface area contributed by atoms with Gasteiger partial charge in [-0.1, -0.05) is 24.1 Å². The summed E-state index contributed by atoms with van der Waals surface area (Å²) in [5, 5.41) is 1.11. The average Bonchev–Trinajstić information content (AvgIpc) is 2.45. The molecule has 12 heavy (non-hydrogen) atoms. The lowest BCUT2D eigenvalue weighted by molar-refractivity contribution is 0.898. The molecule has 0 spiro atoms. The zero-order valence-corrected chi connectivity index (χ0v) is 9.37. The summed E-state index contributed by atoms with van der Waals surface area (Å²) in [5.74, 6) is 1.20. The fraction of sp³-hybridized carbons (Fsp3) is 0.571. The molecule has 1 rings (SSSR count). The topological polar surface area (TPSA) is 31.6 Å². The number of imidazole rings is 1. The summed E-state index contributed by atoms with van der Waals surface area (Å²) < 4.78 is 0.702. The van der Waals surface area contributed by atoms with Gasteiger partial charge in [0.2, 0.25) is 0 Å². The fourth-order valence-electron chi connectivity index (χ4n) is 0.668. The van der Waals surface area contributed by atoms with Crippen LogP contribution < -0.4 is 0 Å². The smallest absolute Gasteiger partial charge is 0.175 e. The lowest BCUT2D eigenvalue weighted by Gasteiger charge is -1.95. The summed E-state index contributed by atoms with van der Waals surface area (Å²) in [7, 11) is 3.61. The van der Waals surface area contributed by atoms with Crippen molar-refractivity contribution in [1.82, 2.24) is 9.97 Å². The number of nitrogens with one attached hydrogen (secondary N) is 2. The van der Waals surface area contributed by atoms with Gasteiger partial charge in [-0.15, -0.1) is 0 Å². The van der Waals surface area contributed by atoms with Crippen molar-refractivity contribution in [3.63, 3.8) is 0 Å². The van der Waals surface area contributed by atoms with Crippen LogP contribution in [0.1, 0.15) is 19.8 Å². The number of aromatic nitrogens is 2. The van der Waals surface area contributed by atoms with Crippen LogP contribution in [0, 0.1) is 4.77 Å². The van der Waals surface area contributed by atoms with Crippen LogP contribution in [0.15, 0.2) is 11.2 Å². The Bertz CT molecular complexity index is 266. The molecule has 0 aliphatic carbocycles. The molecular weight excluding hydrogens is 208 g/mol. The van der Waals surface area contributed by atoms with E-state index in [-0.39, 0.29) is 0 Å². The van der Waals surface area contributed by atoms with Crippen molar-refractivity contribution >= 4 is 33.8 Å². The van der Waals surface area contributed by atoms with Crippen molar-refractivity contribution in [3.8, 4) is 0 Å². The van der Waals surface area contributed by atoms with Crippen LogP contribution in [-0.2, 0) is 0 Å². The van der Waals surface area contributed by atoms with E-state index in [2.05, 4.69) is 16.9 Å². The highest BCUT2D eigenvalue weighted by atomic mass is 33.1. The maximum absolute atomic E-state index is 4.90. The molecule has 0 saturated carbocycles. The molecule has 0 atom stereocenters. The number of unbranched alkanes of at least 4 members (excludes halogenated alkanes) is 1. The van der Waals surface area contributed by atoms with Gasteiger partial charge in [0.1, 0.15) is 5.03 Å². The first-order chi connectivity index (χ1) is 5.83. The van der Waals surface area contributed by atoms with E-state index in [1.54, 1.807) is 10.8 Å². The third-order valence-electron chi connectivity index (χ3n) is 1.30. The van der Waals surface area contributed by atoms with E-state index < -0.39 is 0 Å². The monoisotopic (exact) mass is 220 g/mol. The summed E-state index contributed by atoms with van der Waals surface area (Å²) in [5.41, 5.74) is 0. The zero-order valence-electron chi connectivity index (χ0n) is 6.92. The van der Waals surface area contributed by atoms with E-state index in [0.29, 0.717) is 4.77 Å². The molecule has 5 heteroatoms. The number of H-pyrrole nitrogens is 2. The van der Waals surface area contributed by atoms with Gasteiger partial charge < -0.3 is 9.97 Å². The van der Waals surface area contributed by atoms with E-state index >= 15 is 0 Å². The van der Waals surface area contributed by atoms with Gasteiger partial charge >= 0.3 is 0 Å². The number of rotatable bonds is 5. The predicted molar refractivity (Wildman–Crippen MR) is 59.2 cm³/mol. The summed E-state index contributed by atoms with van der Waals surface area (Å²) in [6.07, 6.45) is 4.45. The van der Waals surface area contributed by atoms with Crippen LogP contribution >= 0.6 is 33.8 Å². The molecule has 1 aromatic heterocycles. The first-order valence-electron chi connectivity index (χ1n) is 3.90. The maximum atomic E-state index is 4.90. The first kappa shape index (κ1) is 10.2. The van der Waals surface area contributed by atoms with Crippen molar-refractivity contribution in [3.05, 3.63) is 11.0 Å². The minimum atomic E-state index is 0.702. The SMILES string of the molecule is CCCCSSc1c[nH]c(=S)[nH]1. The molecule has 0 saturated heterocycles. The lowest BCUT2D eigenvalue weighted by atomic mass is 10.4. The molecule has 2 nitrogen and oxygen atoms in total. The number of hydrogen-bond donors (Lipinski definition) is 2. The Hall–Kier alpha value is 0.130. The van der Waals surface area contributed by atoms with Crippen LogP contribution in [-0.4, -0.2) is 15.7 Å². The van der Waals surface area contributed by atoms with E-state index in [1.807, 2.05) is 17.0 Å². The summed E-state index contributed by atoms with van der Waals surface area (Å²) in [4.78, 5) is 5.99. The van der Waals surface area contributed by atoms with Crippen LogP contribution in [0.2, 0.25) is 0 Å². The third kappa shape index (κ3) is 3.69. The molecule has 2 N–H and O–H groups in total. The van der Waals surface area contributed by atoms with E-state index in [9.17, 15) is 0 Å². The predicted octanol–water partition coefficient (Wildman–Crippen LogP) is 3.61. The van der Waals surface area contributed by atoms with Crippen LogP contribution in [0.5, 0.6) is 0 Å². The van der Waals surface area contributed by atoms with Crippen molar-refractivity contribution in [2.75, 3.05) is 5.75 Å². The first-order valence-corrected chi connectivity index (χ1v) is 6.63. The summed E-state index contributed by atoms with van der Waals surface area (Å²) in [6, 6.07) is 0. The van der Waals surface area contributed by atoms with Gasteiger partial charge in [-0.05, 0) is 29.4 Å². The molecule has 0 aromatic carbocycles. The largest absolute Gasteiger partial charge is 0.336 e. The zero-order chi connectivity index (χ0) is 8.81. The Labute approximate surface area is 85.3 Å². The average molecular weight is 220 g/mol. The third-order valence-corrected chi connectivity index (χ3v) is 3.89. The molecule has 0 unspecified atom stereocenters. The van der Waals surface area contributed by atoms with Crippen molar-refractivity contribution in [2.45, 2.75) is 24.8 Å². The maximum Gasteiger partial charge on any atom is 0.175 e. The molecule has 0 aliphatic heterocycles. The highest BCUT2D eigenvalue weighted by Crippen LogP contribution is 2.29. The number of hydrogen-bond acceptors (Lipinski definition) is 3. The van der Waals surface area contributed by atoms with Gasteiger partial charge in [0.15, 0.2) is 4.77 Å². The summed E-state index contributed by atoms with van der Waals surface area (Å²) in [6.45, 7) is 2.20. The highest BCUT2D eigenvalue weighted by Gasteiger charge is 1.94. The highest BCUT2D eigenvalue weighted by molar-refractivity contribution is 8.76. The molecule has 68 valence electrons. The second-order valence-electron chi connectivity index (χ2n) is 2.37. The van der Waals surface area contributed by atoms with Crippen molar-refractivity contribution in [2.24, 2.45) is 0 Å². The Morgan fingerprint density at radius 1 is 1.58 bits per heavy atom. The van der Waals surface area contributed by atoms with Crippen molar-refractivity contribution < 1.29 is 0 Å². The molecule has 1 aromatic rings. The van der Waals surface area contributed by atoms with Crippen LogP contribution in [0.4, 0.5) is 0 Å². The second-order valence-corrected chi connectivity index (χ2v) is 5.23. The molecule has 0 bridgehead atoms. The Morgan fingerprint density at radius 3 is 3.00 bits per heavy atom. The molecule has 0 radical (unpaired) electrons. The van der Waals surface area contributed by atoms with E-state index in [4.69, 9.17) is 12.2 Å². The minimum Gasteiger partial charge on any atom is -0.336 e. The fourth-order valence-corrected chi connectivity index (χ4v) is 3.02. The van der Waals surface area contributed by atoms with Crippen molar-refractivity contribution in [1.29, 1.82) is 0 Å². The van der Waals surface area contributed by atoms with Gasteiger partial charge in [-0.25, -0.2) is 0 Å². The normalized spacial score (nSPS) is 10.4. The standard InChI is InChI=1S/C7H12N2S3/c1-2-3-4-11-12-6-5-8-7(10)9-6/h5H,2-4H2,1H3,(H2,8,9,10). The summed E-state index contributed by atoms with van der Waals surface area (Å²) >= 11 is 4.90. The van der Waals surface area contributed by atoms with Gasteiger partial charge in [0.05, 0.1) is 0 Å². The van der Waals surface area contributed by atoms with Gasteiger partial charge in [0, 0.05) is 11.9 Å². The molecule has 1 heterocycles. The van der Waals surface area contributed by atoms with E-state index in [1.165, 1.54) is 18.6 Å². The van der Waals surface area contributed by atoms with Crippen LogP contribution in [0.25, 0.3) is 0 Å². The number of aromatic amines is 2. The molecule has 0 aliphatic rings. The Morgan fingerprint density at radius 2 is 2.42 bits per heavy atom. The van der Waals surface area contributed by atoms with Gasteiger partial charge in [-0.3, -0.25) is 0 Å². The van der Waals surface area contributed by atoms with Gasteiger partial charge in [-0.2, -0.15) is 0 Å². The quantitative estimate of drug-likeness (QED) is 0.451. The minimum absolute atomic E-state index is 0.702. The van der Waals surface area contributed by atoms with Gasteiger partial charge in [0.25, 0.3) is 0 Å². The molecular formula is C7H12N2S3. The molecule has 0 amide bonds. The lowest BCUT2D eigenvalue weighted by Crippen LogP contribution is -1.73. The van der Waals surface area contributed by atoms with E-state index in [0.717, 1.165) is 5.03 Å². The van der Waals surface area contributed by atoms with Crippen LogP contribution in [0.3, 0.4) is 0 Å². The molecule has 0 fully saturated rings.